The number of hydrogen-bond donors (Lipinski definition) is 2. The number of halogens is 4. The van der Waals surface area contributed by atoms with Crippen LogP contribution in [0.1, 0.15) is 16.1 Å². The number of likely N-dealkylation sites (N-methyl/N-ethyl adjacent to an activating group) is 1. The molecular formula is C22H22F4N4O. The van der Waals surface area contributed by atoms with Crippen LogP contribution in [0, 0.1) is 12.7 Å². The van der Waals surface area contributed by atoms with Crippen molar-refractivity contribution < 1.29 is 22.4 Å². The predicted molar refractivity (Wildman–Crippen MR) is 112 cm³/mol. The molecule has 2 aromatic carbocycles. The fraction of sp³-hybridized carbons (Fsp3) is 0.318. The number of piperazine rings is 1. The number of H-pyrrole nitrogens is 1. The molecule has 1 atom stereocenters. The zero-order chi connectivity index (χ0) is 22.3. The highest BCUT2D eigenvalue weighted by Crippen LogP contribution is 2.30. The molecule has 1 saturated heterocycles. The van der Waals surface area contributed by atoms with Crippen molar-refractivity contribution in [3.63, 3.8) is 0 Å². The molecule has 1 fully saturated rings. The first-order chi connectivity index (χ1) is 14.6. The molecule has 164 valence electrons. The lowest BCUT2D eigenvalue weighted by Crippen LogP contribution is -2.57. The van der Waals surface area contributed by atoms with Crippen molar-refractivity contribution in [3.8, 4) is 0 Å². The zero-order valence-electron chi connectivity index (χ0n) is 17.1. The Labute approximate surface area is 176 Å². The van der Waals surface area contributed by atoms with E-state index in [1.165, 1.54) is 24.1 Å². The number of benzene rings is 2. The molecule has 0 radical (unpaired) electrons. The van der Waals surface area contributed by atoms with Crippen molar-refractivity contribution in [1.29, 1.82) is 0 Å². The molecule has 3 aromatic rings. The number of aromatic amines is 1. The second kappa shape index (κ2) is 7.88. The molecule has 2 heterocycles. The summed E-state index contributed by atoms with van der Waals surface area (Å²) in [6, 6.07) is 9.58. The van der Waals surface area contributed by atoms with Gasteiger partial charge in [0, 0.05) is 36.4 Å². The summed E-state index contributed by atoms with van der Waals surface area (Å²) in [7, 11) is 1.47. The van der Waals surface area contributed by atoms with Gasteiger partial charge in [0.05, 0.1) is 5.52 Å². The number of rotatable bonds is 3. The fourth-order valence-electron chi connectivity index (χ4n) is 3.89. The number of fused-ring (bicyclic) bond motifs is 1. The van der Waals surface area contributed by atoms with Crippen LogP contribution in [0.15, 0.2) is 42.5 Å². The number of hydrogen-bond acceptors (Lipinski definition) is 3. The van der Waals surface area contributed by atoms with Gasteiger partial charge in [-0.25, -0.2) is 4.39 Å². The van der Waals surface area contributed by atoms with Crippen LogP contribution in [0.5, 0.6) is 0 Å². The van der Waals surface area contributed by atoms with Gasteiger partial charge in [0.25, 0.3) is 5.91 Å². The van der Waals surface area contributed by atoms with E-state index in [4.69, 9.17) is 0 Å². The number of carbonyl (C=O) groups excluding carboxylic acids is 1. The van der Waals surface area contributed by atoms with E-state index in [0.29, 0.717) is 28.8 Å². The fourth-order valence-corrected chi connectivity index (χ4v) is 3.89. The van der Waals surface area contributed by atoms with E-state index in [0.717, 1.165) is 5.56 Å². The summed E-state index contributed by atoms with van der Waals surface area (Å²) in [6.45, 7) is 2.35. The van der Waals surface area contributed by atoms with Gasteiger partial charge >= 0.3 is 6.18 Å². The zero-order valence-corrected chi connectivity index (χ0v) is 17.1. The first-order valence-electron chi connectivity index (χ1n) is 9.84. The van der Waals surface area contributed by atoms with Crippen LogP contribution < -0.4 is 10.2 Å². The van der Waals surface area contributed by atoms with E-state index in [1.54, 1.807) is 35.2 Å². The molecular weight excluding hydrogens is 412 g/mol. The van der Waals surface area contributed by atoms with Gasteiger partial charge in [0.2, 0.25) is 0 Å². The highest BCUT2D eigenvalue weighted by molar-refractivity contribution is 6.06. The van der Waals surface area contributed by atoms with Crippen LogP contribution in [0.3, 0.4) is 0 Å². The van der Waals surface area contributed by atoms with Crippen LogP contribution in [0.2, 0.25) is 0 Å². The Bertz CT molecular complexity index is 1090. The van der Waals surface area contributed by atoms with Gasteiger partial charge in [-0.05, 0) is 49.9 Å². The molecule has 0 saturated carbocycles. The number of anilines is 2. The third kappa shape index (κ3) is 4.23. The maximum Gasteiger partial charge on any atom is 0.405 e. The predicted octanol–water partition coefficient (Wildman–Crippen LogP) is 4.55. The first-order valence-corrected chi connectivity index (χ1v) is 9.84. The number of amides is 1. The van der Waals surface area contributed by atoms with E-state index in [1.807, 2.05) is 6.92 Å². The molecule has 0 bridgehead atoms. The third-order valence-corrected chi connectivity index (χ3v) is 5.69. The Morgan fingerprint density at radius 3 is 2.65 bits per heavy atom. The van der Waals surface area contributed by atoms with Gasteiger partial charge in [0.15, 0.2) is 0 Å². The molecule has 5 nitrogen and oxygen atoms in total. The minimum atomic E-state index is -4.32. The molecule has 1 aliphatic heterocycles. The van der Waals surface area contributed by atoms with Crippen molar-refractivity contribution in [1.82, 2.24) is 9.88 Å². The molecule has 1 aliphatic rings. The van der Waals surface area contributed by atoms with Crippen molar-refractivity contribution in [2.75, 3.05) is 36.9 Å². The summed E-state index contributed by atoms with van der Waals surface area (Å²) < 4.78 is 54.0. The van der Waals surface area contributed by atoms with E-state index in [-0.39, 0.29) is 18.8 Å². The second-order valence-corrected chi connectivity index (χ2v) is 7.82. The molecule has 1 amide bonds. The Hall–Kier alpha value is -3.07. The molecule has 1 aromatic heterocycles. The lowest BCUT2D eigenvalue weighted by atomic mass is 10.1. The normalized spacial score (nSPS) is 17.9. The van der Waals surface area contributed by atoms with E-state index in [9.17, 15) is 22.4 Å². The van der Waals surface area contributed by atoms with Gasteiger partial charge < -0.3 is 15.2 Å². The second-order valence-electron chi connectivity index (χ2n) is 7.82. The standard InChI is InChI=1S/C22H22F4N4O/c1-13-6-7-17(23)16-11-18(28-20(13)16)21(31)27-14-4-3-5-15(10-14)30-9-8-29(2)19(12-30)22(24,25)26/h3-7,10-11,19,28H,8-9,12H2,1-2H3,(H,27,31). The minimum absolute atomic E-state index is 0.183. The first kappa shape index (κ1) is 21.2. The summed E-state index contributed by atoms with van der Waals surface area (Å²) in [4.78, 5) is 18.6. The lowest BCUT2D eigenvalue weighted by molar-refractivity contribution is -0.180. The average molecular weight is 434 g/mol. The number of aryl methyl sites for hydroxylation is 1. The number of alkyl halides is 3. The van der Waals surface area contributed by atoms with Crippen molar-refractivity contribution in [3.05, 3.63) is 59.5 Å². The van der Waals surface area contributed by atoms with E-state index >= 15 is 0 Å². The maximum absolute atomic E-state index is 14.0. The molecule has 0 aliphatic carbocycles. The lowest BCUT2D eigenvalue weighted by Gasteiger charge is -2.41. The summed E-state index contributed by atoms with van der Waals surface area (Å²) in [5, 5.41) is 3.06. The largest absolute Gasteiger partial charge is 0.405 e. The Morgan fingerprint density at radius 1 is 1.16 bits per heavy atom. The minimum Gasteiger partial charge on any atom is -0.368 e. The Balaban J connectivity index is 1.53. The Kier molecular flexibility index (Phi) is 5.38. The number of nitrogens with zero attached hydrogens (tertiary/aromatic N) is 2. The van der Waals surface area contributed by atoms with Gasteiger partial charge in [-0.1, -0.05) is 12.1 Å². The summed E-state index contributed by atoms with van der Waals surface area (Å²) in [5.74, 6) is -0.883. The van der Waals surface area contributed by atoms with Crippen LogP contribution >= 0.6 is 0 Å². The highest BCUT2D eigenvalue weighted by Gasteiger charge is 2.45. The SMILES string of the molecule is Cc1ccc(F)c2cc(C(=O)Nc3cccc(N4CCN(C)C(C(F)(F)F)C4)c3)[nH]c12. The van der Waals surface area contributed by atoms with Crippen LogP contribution in [0.4, 0.5) is 28.9 Å². The van der Waals surface area contributed by atoms with E-state index in [2.05, 4.69) is 10.3 Å². The topological polar surface area (TPSA) is 51.4 Å². The van der Waals surface area contributed by atoms with Crippen molar-refractivity contribution in [2.45, 2.75) is 19.1 Å². The molecule has 9 heteroatoms. The van der Waals surface area contributed by atoms with Crippen LogP contribution in [-0.2, 0) is 0 Å². The highest BCUT2D eigenvalue weighted by atomic mass is 19.4. The van der Waals surface area contributed by atoms with Crippen molar-refractivity contribution in [2.24, 2.45) is 0 Å². The molecule has 0 spiro atoms. The van der Waals surface area contributed by atoms with Crippen molar-refractivity contribution >= 4 is 28.2 Å². The summed E-state index contributed by atoms with van der Waals surface area (Å²) >= 11 is 0. The van der Waals surface area contributed by atoms with Gasteiger partial charge in [-0.2, -0.15) is 13.2 Å². The van der Waals surface area contributed by atoms with Crippen LogP contribution in [-0.4, -0.2) is 54.7 Å². The number of nitrogens with one attached hydrogen (secondary N) is 2. The summed E-state index contributed by atoms with van der Waals surface area (Å²) in [5.41, 5.74) is 2.60. The molecule has 31 heavy (non-hydrogen) atoms. The maximum atomic E-state index is 14.0. The number of carbonyl (C=O) groups is 1. The third-order valence-electron chi connectivity index (χ3n) is 5.69. The number of aromatic nitrogens is 1. The smallest absolute Gasteiger partial charge is 0.368 e. The van der Waals surface area contributed by atoms with Gasteiger partial charge in [-0.3, -0.25) is 9.69 Å². The summed E-state index contributed by atoms with van der Waals surface area (Å²) in [6.07, 6.45) is -4.32. The van der Waals surface area contributed by atoms with E-state index < -0.39 is 23.9 Å². The molecule has 4 rings (SSSR count). The van der Waals surface area contributed by atoms with Gasteiger partial charge in [0.1, 0.15) is 17.6 Å². The Morgan fingerprint density at radius 2 is 1.94 bits per heavy atom. The van der Waals surface area contributed by atoms with Gasteiger partial charge in [-0.15, -0.1) is 0 Å². The average Bonchev–Trinajstić information content (AvgIpc) is 3.18. The molecule has 2 N–H and O–H groups in total. The van der Waals surface area contributed by atoms with Crippen LogP contribution in [0.25, 0.3) is 10.9 Å². The molecule has 1 unspecified atom stereocenters. The quantitative estimate of drug-likeness (QED) is 0.595. The monoisotopic (exact) mass is 434 g/mol.